The molecule has 90 valence electrons. The van der Waals surface area contributed by atoms with Gasteiger partial charge in [0.25, 0.3) is 0 Å². The molecule has 0 bridgehead atoms. The average Bonchev–Trinajstić information content (AvgIpc) is 2.28. The molecule has 0 spiro atoms. The summed E-state index contributed by atoms with van der Waals surface area (Å²) >= 11 is 0. The van der Waals surface area contributed by atoms with Crippen LogP contribution in [0.25, 0.3) is 0 Å². The van der Waals surface area contributed by atoms with E-state index < -0.39 is 0 Å². The monoisotopic (exact) mass is 238 g/mol. The summed E-state index contributed by atoms with van der Waals surface area (Å²) in [7, 11) is 0.989. The third-order valence-corrected chi connectivity index (χ3v) is 4.36. The van der Waals surface area contributed by atoms with Gasteiger partial charge < -0.3 is 9.47 Å². The van der Waals surface area contributed by atoms with Crippen molar-refractivity contribution in [2.45, 2.75) is 34.6 Å². The average molecular weight is 238 g/mol. The van der Waals surface area contributed by atoms with Crippen molar-refractivity contribution >= 4 is 15.4 Å². The van der Waals surface area contributed by atoms with Crippen LogP contribution >= 0.6 is 0 Å². The first-order chi connectivity index (χ1) is 7.54. The van der Waals surface area contributed by atoms with Gasteiger partial charge in [-0.2, -0.15) is 0 Å². The summed E-state index contributed by atoms with van der Waals surface area (Å²) in [5, 5.41) is 1.33. The molecule has 16 heavy (non-hydrogen) atoms. The van der Waals surface area contributed by atoms with Crippen LogP contribution in [0.1, 0.15) is 30.5 Å². The predicted molar refractivity (Wildman–Crippen MR) is 72.6 cm³/mol. The Kier molecular flexibility index (Phi) is 4.41. The molecule has 3 heteroatoms. The fourth-order valence-electron chi connectivity index (χ4n) is 1.88. The molecular formula is C13H22O2Si. The number of hydrogen-bond donors (Lipinski definition) is 0. The second-order valence-electron chi connectivity index (χ2n) is 4.02. The van der Waals surface area contributed by atoms with E-state index in [1.54, 1.807) is 0 Å². The van der Waals surface area contributed by atoms with Gasteiger partial charge in [0.05, 0.1) is 13.2 Å². The molecule has 0 aromatic heterocycles. The molecule has 0 unspecified atom stereocenters. The topological polar surface area (TPSA) is 18.5 Å². The van der Waals surface area contributed by atoms with E-state index in [2.05, 4.69) is 20.8 Å². The minimum absolute atomic E-state index is 0.685. The van der Waals surface area contributed by atoms with Crippen molar-refractivity contribution in [1.29, 1.82) is 0 Å². The Hall–Kier alpha value is -0.963. The molecule has 0 fully saturated rings. The molecule has 2 nitrogen and oxygen atoms in total. The zero-order chi connectivity index (χ0) is 12.3. The molecule has 0 saturated heterocycles. The first-order valence-corrected chi connectivity index (χ1v) is 6.90. The lowest BCUT2D eigenvalue weighted by Gasteiger charge is -2.20. The molecule has 1 rings (SSSR count). The van der Waals surface area contributed by atoms with E-state index in [0.717, 1.165) is 21.7 Å². The summed E-state index contributed by atoms with van der Waals surface area (Å²) in [6, 6.07) is 0. The first-order valence-electron chi connectivity index (χ1n) is 5.90. The number of benzene rings is 1. The van der Waals surface area contributed by atoms with E-state index >= 15 is 0 Å². The standard InChI is InChI=1S/C13H22O2Si/c1-6-14-11-9(4)8(3)10(5)13(16)12(11)15-7-2/h6-7H2,1-5,16H3. The summed E-state index contributed by atoms with van der Waals surface area (Å²) in [4.78, 5) is 0. The summed E-state index contributed by atoms with van der Waals surface area (Å²) in [6.07, 6.45) is 0. The fraction of sp³-hybridized carbons (Fsp3) is 0.538. The highest BCUT2D eigenvalue weighted by molar-refractivity contribution is 6.35. The summed E-state index contributed by atoms with van der Waals surface area (Å²) in [6.45, 7) is 11.8. The van der Waals surface area contributed by atoms with Gasteiger partial charge in [-0.1, -0.05) is 0 Å². The van der Waals surface area contributed by atoms with E-state index in [9.17, 15) is 0 Å². The van der Waals surface area contributed by atoms with Gasteiger partial charge in [0.2, 0.25) is 0 Å². The molecule has 0 saturated carbocycles. The third kappa shape index (κ3) is 2.24. The van der Waals surface area contributed by atoms with Crippen LogP contribution < -0.4 is 14.7 Å². The van der Waals surface area contributed by atoms with E-state index in [0.29, 0.717) is 13.2 Å². The quantitative estimate of drug-likeness (QED) is 0.738. The first kappa shape index (κ1) is 13.1. The van der Waals surface area contributed by atoms with Crippen molar-refractivity contribution in [3.05, 3.63) is 16.7 Å². The molecule has 0 aliphatic rings. The van der Waals surface area contributed by atoms with E-state index in [-0.39, 0.29) is 0 Å². The van der Waals surface area contributed by atoms with Gasteiger partial charge in [0, 0.05) is 10.2 Å². The van der Waals surface area contributed by atoms with Crippen molar-refractivity contribution in [1.82, 2.24) is 0 Å². The lowest BCUT2D eigenvalue weighted by atomic mass is 10.0. The summed E-state index contributed by atoms with van der Waals surface area (Å²) < 4.78 is 11.5. The van der Waals surface area contributed by atoms with Crippen molar-refractivity contribution in [2.75, 3.05) is 13.2 Å². The Bertz CT molecular complexity index is 349. The van der Waals surface area contributed by atoms with Crippen LogP contribution in [0.2, 0.25) is 0 Å². The van der Waals surface area contributed by atoms with Crippen molar-refractivity contribution in [3.8, 4) is 11.5 Å². The van der Waals surface area contributed by atoms with Crippen molar-refractivity contribution in [3.63, 3.8) is 0 Å². The molecule has 0 aliphatic heterocycles. The Morgan fingerprint density at radius 2 is 1.31 bits per heavy atom. The highest BCUT2D eigenvalue weighted by Gasteiger charge is 2.16. The minimum Gasteiger partial charge on any atom is -0.490 e. The molecule has 0 N–H and O–H groups in total. The Morgan fingerprint density at radius 3 is 1.81 bits per heavy atom. The van der Waals surface area contributed by atoms with E-state index in [1.165, 1.54) is 21.9 Å². The van der Waals surface area contributed by atoms with Gasteiger partial charge in [0.15, 0.2) is 11.5 Å². The molecule has 0 radical (unpaired) electrons. The van der Waals surface area contributed by atoms with Crippen LogP contribution in [-0.2, 0) is 0 Å². The summed E-state index contributed by atoms with van der Waals surface area (Å²) in [5.41, 5.74) is 3.90. The number of ether oxygens (including phenoxy) is 2. The van der Waals surface area contributed by atoms with Crippen LogP contribution in [0.5, 0.6) is 11.5 Å². The zero-order valence-corrected chi connectivity index (χ0v) is 13.2. The number of rotatable bonds is 4. The van der Waals surface area contributed by atoms with Crippen molar-refractivity contribution < 1.29 is 9.47 Å². The third-order valence-electron chi connectivity index (χ3n) is 3.15. The van der Waals surface area contributed by atoms with Gasteiger partial charge in [-0.15, -0.1) is 0 Å². The Balaban J connectivity index is 3.42. The van der Waals surface area contributed by atoms with Gasteiger partial charge in [0.1, 0.15) is 0 Å². The van der Waals surface area contributed by atoms with E-state index in [4.69, 9.17) is 9.47 Å². The molecule has 0 atom stereocenters. The molecule has 1 aromatic carbocycles. The highest BCUT2D eigenvalue weighted by atomic mass is 28.1. The Labute approximate surface area is 101 Å². The van der Waals surface area contributed by atoms with E-state index in [1.807, 2.05) is 13.8 Å². The summed E-state index contributed by atoms with van der Waals surface area (Å²) in [5.74, 6) is 1.91. The minimum atomic E-state index is 0.685. The van der Waals surface area contributed by atoms with Crippen LogP contribution in [-0.4, -0.2) is 23.5 Å². The lowest BCUT2D eigenvalue weighted by Crippen LogP contribution is -2.17. The van der Waals surface area contributed by atoms with Crippen LogP contribution in [0.3, 0.4) is 0 Å². The largest absolute Gasteiger partial charge is 0.490 e. The fourth-order valence-corrected chi connectivity index (χ4v) is 2.63. The molecular weight excluding hydrogens is 216 g/mol. The molecule has 0 amide bonds. The van der Waals surface area contributed by atoms with Crippen molar-refractivity contribution in [2.24, 2.45) is 0 Å². The second-order valence-corrected chi connectivity index (χ2v) is 5.02. The van der Waals surface area contributed by atoms with Crippen LogP contribution in [0, 0.1) is 20.8 Å². The van der Waals surface area contributed by atoms with Gasteiger partial charge >= 0.3 is 0 Å². The van der Waals surface area contributed by atoms with Gasteiger partial charge in [-0.05, 0) is 56.5 Å². The number of hydrogen-bond acceptors (Lipinski definition) is 2. The smallest absolute Gasteiger partial charge is 0.164 e. The van der Waals surface area contributed by atoms with Crippen LogP contribution in [0.15, 0.2) is 0 Å². The zero-order valence-electron chi connectivity index (χ0n) is 11.2. The maximum Gasteiger partial charge on any atom is 0.164 e. The highest BCUT2D eigenvalue weighted by Crippen LogP contribution is 2.33. The maximum atomic E-state index is 5.75. The lowest BCUT2D eigenvalue weighted by molar-refractivity contribution is 0.288. The molecule has 0 aliphatic carbocycles. The van der Waals surface area contributed by atoms with Crippen LogP contribution in [0.4, 0.5) is 0 Å². The predicted octanol–water partition coefficient (Wildman–Crippen LogP) is 1.40. The molecule has 1 aromatic rings. The normalized spacial score (nSPS) is 10.6. The Morgan fingerprint density at radius 1 is 0.812 bits per heavy atom. The van der Waals surface area contributed by atoms with Gasteiger partial charge in [-0.25, -0.2) is 0 Å². The second kappa shape index (κ2) is 5.39. The molecule has 0 heterocycles. The SMILES string of the molecule is CCOc1c(C)c(C)c(C)c([SiH3])c1OCC. The van der Waals surface area contributed by atoms with Gasteiger partial charge in [-0.3, -0.25) is 0 Å². The maximum absolute atomic E-state index is 5.75.